The summed E-state index contributed by atoms with van der Waals surface area (Å²) in [5.41, 5.74) is 17.6. The van der Waals surface area contributed by atoms with Crippen molar-refractivity contribution >= 4 is 39.9 Å². The third-order valence-electron chi connectivity index (χ3n) is 4.86. The largest absolute Gasteiger partial charge is 0.497 e. The van der Waals surface area contributed by atoms with Gasteiger partial charge < -0.3 is 10.5 Å². The number of nitrogens with zero attached hydrogens (tertiary/aromatic N) is 2. The van der Waals surface area contributed by atoms with Gasteiger partial charge in [0.1, 0.15) is 17.8 Å². The minimum absolute atomic E-state index is 0.103. The van der Waals surface area contributed by atoms with Crippen molar-refractivity contribution in [3.05, 3.63) is 84.2 Å². The Labute approximate surface area is 189 Å². The lowest BCUT2D eigenvalue weighted by Gasteiger charge is -2.14. The molecule has 1 heterocycles. The van der Waals surface area contributed by atoms with Crippen LogP contribution >= 0.6 is 0 Å². The first-order valence-corrected chi connectivity index (χ1v) is 9.92. The topological polar surface area (TPSA) is 143 Å². The highest BCUT2D eigenvalue weighted by Crippen LogP contribution is 2.22. The van der Waals surface area contributed by atoms with Gasteiger partial charge in [-0.25, -0.2) is 9.97 Å². The first-order valence-electron chi connectivity index (χ1n) is 9.92. The maximum absolute atomic E-state index is 12.7. The molecule has 4 aromatic rings. The normalized spacial score (nSPS) is 10.3. The molecular weight excluding hydrogens is 422 g/mol. The fourth-order valence-corrected chi connectivity index (χ4v) is 3.13. The Hall–Kier alpha value is -4.86. The number of nitrogens with one attached hydrogen (secondary N) is 4. The van der Waals surface area contributed by atoms with Crippen LogP contribution in [0.1, 0.15) is 20.7 Å². The molecule has 2 amide bonds. The second kappa shape index (κ2) is 9.52. The summed E-state index contributed by atoms with van der Waals surface area (Å²) in [7, 11) is 1.55. The Balaban J connectivity index is 1.41. The molecule has 10 heteroatoms. The van der Waals surface area contributed by atoms with E-state index < -0.39 is 5.91 Å². The van der Waals surface area contributed by atoms with E-state index in [4.69, 9.17) is 10.5 Å². The Morgan fingerprint density at radius 3 is 2.15 bits per heavy atom. The van der Waals surface area contributed by atoms with Crippen LogP contribution in [0.4, 0.5) is 17.3 Å². The van der Waals surface area contributed by atoms with Crippen molar-refractivity contribution in [1.29, 1.82) is 0 Å². The zero-order chi connectivity index (χ0) is 23.2. The SMILES string of the molecule is COc1ccc(C(=O)NNc2ncnc(NNC(=O)c3cccc4ccccc34)c2N)cc1. The number of rotatable bonds is 7. The van der Waals surface area contributed by atoms with Gasteiger partial charge in [0.15, 0.2) is 11.6 Å². The predicted octanol–water partition coefficient (Wildman–Crippen LogP) is 2.73. The Morgan fingerprint density at radius 2 is 1.45 bits per heavy atom. The van der Waals surface area contributed by atoms with Gasteiger partial charge in [-0.2, -0.15) is 0 Å². The highest BCUT2D eigenvalue weighted by atomic mass is 16.5. The second-order valence-electron chi connectivity index (χ2n) is 6.90. The summed E-state index contributed by atoms with van der Waals surface area (Å²) in [6, 6.07) is 19.6. The summed E-state index contributed by atoms with van der Waals surface area (Å²) in [6.07, 6.45) is 1.24. The van der Waals surface area contributed by atoms with Gasteiger partial charge in [0.05, 0.1) is 7.11 Å². The van der Waals surface area contributed by atoms with Gasteiger partial charge >= 0.3 is 0 Å². The Kier molecular flexibility index (Phi) is 6.17. The zero-order valence-corrected chi connectivity index (χ0v) is 17.6. The van der Waals surface area contributed by atoms with Crippen molar-refractivity contribution in [3.63, 3.8) is 0 Å². The van der Waals surface area contributed by atoms with E-state index in [1.807, 2.05) is 36.4 Å². The number of ether oxygens (including phenoxy) is 1. The molecule has 0 saturated heterocycles. The van der Waals surface area contributed by atoms with E-state index >= 15 is 0 Å². The molecule has 0 aliphatic rings. The van der Waals surface area contributed by atoms with Crippen LogP contribution in [0, 0.1) is 0 Å². The number of methoxy groups -OCH3 is 1. The number of anilines is 3. The molecule has 0 saturated carbocycles. The first kappa shape index (κ1) is 21.4. The van der Waals surface area contributed by atoms with Crippen LogP contribution < -0.4 is 32.2 Å². The van der Waals surface area contributed by atoms with Gasteiger partial charge in [-0.05, 0) is 41.1 Å². The minimum atomic E-state index is -0.394. The van der Waals surface area contributed by atoms with E-state index in [9.17, 15) is 9.59 Å². The van der Waals surface area contributed by atoms with Crippen molar-refractivity contribution < 1.29 is 14.3 Å². The molecule has 3 aromatic carbocycles. The summed E-state index contributed by atoms with van der Waals surface area (Å²) >= 11 is 0. The molecule has 0 atom stereocenters. The number of hydrogen-bond donors (Lipinski definition) is 5. The average molecular weight is 443 g/mol. The molecule has 0 fully saturated rings. The number of hydrogen-bond acceptors (Lipinski definition) is 8. The average Bonchev–Trinajstić information content (AvgIpc) is 2.86. The van der Waals surface area contributed by atoms with Crippen molar-refractivity contribution in [3.8, 4) is 5.75 Å². The first-order chi connectivity index (χ1) is 16.1. The number of fused-ring (bicyclic) bond motifs is 1. The lowest BCUT2D eigenvalue weighted by molar-refractivity contribution is 0.0955. The molecule has 0 radical (unpaired) electrons. The monoisotopic (exact) mass is 443 g/mol. The molecule has 0 aliphatic heterocycles. The van der Waals surface area contributed by atoms with Gasteiger partial charge in [-0.15, -0.1) is 0 Å². The lowest BCUT2D eigenvalue weighted by atomic mass is 10.0. The van der Waals surface area contributed by atoms with Crippen molar-refractivity contribution in [2.45, 2.75) is 0 Å². The predicted molar refractivity (Wildman–Crippen MR) is 126 cm³/mol. The van der Waals surface area contributed by atoms with Gasteiger partial charge in [-0.1, -0.05) is 36.4 Å². The molecule has 166 valence electrons. The van der Waals surface area contributed by atoms with Crippen LogP contribution in [-0.4, -0.2) is 28.9 Å². The molecule has 33 heavy (non-hydrogen) atoms. The fraction of sp³-hybridized carbons (Fsp3) is 0.0435. The summed E-state index contributed by atoms with van der Waals surface area (Å²) in [4.78, 5) is 33.1. The van der Waals surface area contributed by atoms with Crippen molar-refractivity contribution in [2.75, 3.05) is 23.7 Å². The third kappa shape index (κ3) is 4.74. The molecule has 10 nitrogen and oxygen atoms in total. The number of carbonyl (C=O) groups is 2. The van der Waals surface area contributed by atoms with Crippen molar-refractivity contribution in [2.24, 2.45) is 0 Å². The summed E-state index contributed by atoms with van der Waals surface area (Å²) in [6.45, 7) is 0. The van der Waals surface area contributed by atoms with Crippen LogP contribution in [0.5, 0.6) is 5.75 Å². The molecule has 0 aliphatic carbocycles. The van der Waals surface area contributed by atoms with E-state index in [0.717, 1.165) is 10.8 Å². The highest BCUT2D eigenvalue weighted by Gasteiger charge is 2.13. The Morgan fingerprint density at radius 1 is 0.818 bits per heavy atom. The summed E-state index contributed by atoms with van der Waals surface area (Å²) in [5, 5.41) is 1.77. The van der Waals surface area contributed by atoms with Crippen molar-refractivity contribution in [1.82, 2.24) is 20.8 Å². The van der Waals surface area contributed by atoms with Crippen LogP contribution in [0.25, 0.3) is 10.8 Å². The van der Waals surface area contributed by atoms with Crippen LogP contribution in [0.2, 0.25) is 0 Å². The van der Waals surface area contributed by atoms with E-state index in [2.05, 4.69) is 31.7 Å². The smallest absolute Gasteiger partial charge is 0.270 e. The van der Waals surface area contributed by atoms with Gasteiger partial charge in [-0.3, -0.25) is 31.3 Å². The van der Waals surface area contributed by atoms with Gasteiger partial charge in [0, 0.05) is 11.1 Å². The Bertz CT molecular complexity index is 1300. The van der Waals surface area contributed by atoms with Crippen LogP contribution in [0.15, 0.2) is 73.1 Å². The molecule has 0 bridgehead atoms. The number of hydrazine groups is 2. The molecule has 0 unspecified atom stereocenters. The summed E-state index contributed by atoms with van der Waals surface area (Å²) < 4.78 is 5.08. The zero-order valence-electron chi connectivity index (χ0n) is 17.6. The quantitative estimate of drug-likeness (QED) is 0.274. The standard InChI is InChI=1S/C23H21N7O3/c1-33-16-11-9-15(10-12-16)22(31)29-27-20-19(24)21(26-13-25-20)28-30-23(32)18-8-4-6-14-5-2-3-7-17(14)18/h2-13H,24H2,1H3,(H,29,31)(H,30,32)(H2,25,26,27,28). The number of benzene rings is 3. The minimum Gasteiger partial charge on any atom is -0.497 e. The van der Waals surface area contributed by atoms with Gasteiger partial charge in [0.25, 0.3) is 11.8 Å². The van der Waals surface area contributed by atoms with Gasteiger partial charge in [0.2, 0.25) is 0 Å². The molecular formula is C23H21N7O3. The molecule has 4 rings (SSSR count). The number of carbonyl (C=O) groups excluding carboxylic acids is 2. The van der Waals surface area contributed by atoms with E-state index in [1.54, 1.807) is 37.4 Å². The van der Waals surface area contributed by atoms with Crippen LogP contribution in [-0.2, 0) is 0 Å². The second-order valence-corrected chi connectivity index (χ2v) is 6.90. The third-order valence-corrected chi connectivity index (χ3v) is 4.86. The molecule has 6 N–H and O–H groups in total. The molecule has 0 spiro atoms. The highest BCUT2D eigenvalue weighted by molar-refractivity contribution is 6.07. The number of nitrogens with two attached hydrogens (primary N) is 1. The van der Waals surface area contributed by atoms with Crippen LogP contribution in [0.3, 0.4) is 0 Å². The van der Waals surface area contributed by atoms with E-state index in [-0.39, 0.29) is 23.2 Å². The maximum Gasteiger partial charge on any atom is 0.270 e. The lowest BCUT2D eigenvalue weighted by Crippen LogP contribution is -2.32. The number of aromatic nitrogens is 2. The fourth-order valence-electron chi connectivity index (χ4n) is 3.13. The number of amides is 2. The maximum atomic E-state index is 12.7. The summed E-state index contributed by atoms with van der Waals surface area (Å²) in [5.74, 6) is 0.218. The molecule has 1 aromatic heterocycles. The van der Waals surface area contributed by atoms with E-state index in [0.29, 0.717) is 16.9 Å². The number of nitrogen functional groups attached to an aromatic ring is 1. The van der Waals surface area contributed by atoms with E-state index in [1.165, 1.54) is 6.33 Å².